The highest BCUT2D eigenvalue weighted by Crippen LogP contribution is 2.34. The van der Waals surface area contributed by atoms with E-state index in [1.165, 1.54) is 12.1 Å². The van der Waals surface area contributed by atoms with Crippen LogP contribution in [0.25, 0.3) is 11.1 Å². The van der Waals surface area contributed by atoms with Crippen molar-refractivity contribution in [3.05, 3.63) is 41.8 Å². The molecule has 2 aromatic rings. The lowest BCUT2D eigenvalue weighted by Gasteiger charge is -2.34. The van der Waals surface area contributed by atoms with E-state index in [0.717, 1.165) is 22.4 Å². The third-order valence-electron chi connectivity index (χ3n) is 4.42. The van der Waals surface area contributed by atoms with Crippen LogP contribution in [0.15, 0.2) is 30.5 Å². The zero-order chi connectivity index (χ0) is 18.0. The van der Waals surface area contributed by atoms with E-state index in [4.69, 9.17) is 10.8 Å². The summed E-state index contributed by atoms with van der Waals surface area (Å²) in [5, 5.41) is 11.4. The lowest BCUT2D eigenvalue weighted by molar-refractivity contribution is 0.187. The summed E-state index contributed by atoms with van der Waals surface area (Å²) in [4.78, 5) is 17.1. The van der Waals surface area contributed by atoms with Gasteiger partial charge in [-0.2, -0.15) is 0 Å². The first-order chi connectivity index (χ1) is 11.9. The van der Waals surface area contributed by atoms with Crippen LogP contribution in [0, 0.1) is 12.7 Å². The number of nitrogen functional groups attached to an aromatic ring is 1. The molecule has 1 aromatic heterocycles. The number of aromatic nitrogens is 1. The Hall–Kier alpha value is -2.83. The lowest BCUT2D eigenvalue weighted by atomic mass is 9.99. The SMILES string of the molecule is Cc1cc(F)cc(-c2cnc(N)cc2N2CCC(NC(=O)O)CC2)c1. The molecule has 4 N–H and O–H groups in total. The molecule has 0 radical (unpaired) electrons. The molecule has 0 unspecified atom stereocenters. The Labute approximate surface area is 145 Å². The van der Waals surface area contributed by atoms with Gasteiger partial charge in [0.2, 0.25) is 0 Å². The van der Waals surface area contributed by atoms with Crippen molar-refractivity contribution in [3.63, 3.8) is 0 Å². The van der Waals surface area contributed by atoms with Gasteiger partial charge in [-0.3, -0.25) is 0 Å². The molecule has 0 aliphatic carbocycles. The summed E-state index contributed by atoms with van der Waals surface area (Å²) in [5.74, 6) is 0.111. The fourth-order valence-corrected chi connectivity index (χ4v) is 3.28. The molecule has 7 heteroatoms. The minimum atomic E-state index is -0.998. The van der Waals surface area contributed by atoms with Crippen molar-refractivity contribution in [3.8, 4) is 11.1 Å². The molecule has 0 spiro atoms. The first kappa shape index (κ1) is 17.0. The van der Waals surface area contributed by atoms with Gasteiger partial charge in [0.15, 0.2) is 0 Å². The molecule has 1 aliphatic rings. The number of hydrogen-bond donors (Lipinski definition) is 3. The summed E-state index contributed by atoms with van der Waals surface area (Å²) in [5.41, 5.74) is 9.17. The Morgan fingerprint density at radius 2 is 2.04 bits per heavy atom. The molecule has 1 saturated heterocycles. The molecule has 2 heterocycles. The summed E-state index contributed by atoms with van der Waals surface area (Å²) < 4.78 is 13.8. The van der Waals surface area contributed by atoms with Crippen molar-refractivity contribution in [2.24, 2.45) is 0 Å². The largest absolute Gasteiger partial charge is 0.465 e. The molecule has 25 heavy (non-hydrogen) atoms. The number of nitrogens with one attached hydrogen (secondary N) is 1. The van der Waals surface area contributed by atoms with Gasteiger partial charge < -0.3 is 21.1 Å². The Morgan fingerprint density at radius 1 is 1.32 bits per heavy atom. The number of rotatable bonds is 3. The molecule has 3 rings (SSSR count). The van der Waals surface area contributed by atoms with Crippen molar-refractivity contribution in [2.75, 3.05) is 23.7 Å². The predicted molar refractivity (Wildman–Crippen MR) is 95.2 cm³/mol. The van der Waals surface area contributed by atoms with Gasteiger partial charge in [0, 0.05) is 42.6 Å². The fraction of sp³-hybridized carbons (Fsp3) is 0.333. The smallest absolute Gasteiger partial charge is 0.404 e. The summed E-state index contributed by atoms with van der Waals surface area (Å²) >= 11 is 0. The average Bonchev–Trinajstić information content (AvgIpc) is 2.54. The van der Waals surface area contributed by atoms with Crippen molar-refractivity contribution in [1.82, 2.24) is 10.3 Å². The summed E-state index contributed by atoms with van der Waals surface area (Å²) in [6.45, 7) is 3.23. The Morgan fingerprint density at radius 3 is 2.68 bits per heavy atom. The number of nitrogens with two attached hydrogens (primary N) is 1. The highest BCUT2D eigenvalue weighted by Gasteiger charge is 2.23. The van der Waals surface area contributed by atoms with E-state index >= 15 is 0 Å². The molecule has 0 saturated carbocycles. The van der Waals surface area contributed by atoms with Crippen LogP contribution >= 0.6 is 0 Å². The van der Waals surface area contributed by atoms with Crippen molar-refractivity contribution >= 4 is 17.6 Å². The maximum absolute atomic E-state index is 13.8. The second-order valence-electron chi connectivity index (χ2n) is 6.35. The van der Waals surface area contributed by atoms with Gasteiger partial charge in [-0.25, -0.2) is 14.2 Å². The average molecular weight is 344 g/mol. The molecule has 1 fully saturated rings. The maximum Gasteiger partial charge on any atom is 0.404 e. The number of piperidine rings is 1. The molecule has 0 atom stereocenters. The Balaban J connectivity index is 1.89. The number of benzene rings is 1. The summed E-state index contributed by atoms with van der Waals surface area (Å²) in [7, 11) is 0. The van der Waals surface area contributed by atoms with Crippen LogP contribution in [-0.4, -0.2) is 35.3 Å². The Bertz CT molecular complexity index is 768. The summed E-state index contributed by atoms with van der Waals surface area (Å²) in [6, 6.07) is 6.63. The van der Waals surface area contributed by atoms with Gasteiger partial charge in [0.05, 0.1) is 0 Å². The summed E-state index contributed by atoms with van der Waals surface area (Å²) in [6.07, 6.45) is 2.08. The topological polar surface area (TPSA) is 91.5 Å². The standard InChI is InChI=1S/C18H21FN4O2/c1-11-6-12(8-13(19)7-11)15-10-21-17(20)9-16(15)23-4-2-14(3-5-23)22-18(24)25/h6-10,14,22H,2-5H2,1H3,(H2,20,21)(H,24,25). The van der Waals surface area contributed by atoms with Crippen LogP contribution in [0.3, 0.4) is 0 Å². The van der Waals surface area contributed by atoms with Crippen molar-refractivity contribution < 1.29 is 14.3 Å². The van der Waals surface area contributed by atoms with E-state index < -0.39 is 6.09 Å². The van der Waals surface area contributed by atoms with Gasteiger partial charge in [-0.1, -0.05) is 6.07 Å². The number of anilines is 2. The molecule has 1 aromatic carbocycles. The lowest BCUT2D eigenvalue weighted by Crippen LogP contribution is -2.44. The molecular weight excluding hydrogens is 323 g/mol. The van der Waals surface area contributed by atoms with Gasteiger partial charge in [0.25, 0.3) is 0 Å². The monoisotopic (exact) mass is 344 g/mol. The molecule has 1 aliphatic heterocycles. The second kappa shape index (κ2) is 6.96. The molecule has 132 valence electrons. The highest BCUT2D eigenvalue weighted by molar-refractivity contribution is 5.80. The molecular formula is C18H21FN4O2. The number of hydrogen-bond acceptors (Lipinski definition) is 4. The highest BCUT2D eigenvalue weighted by atomic mass is 19.1. The van der Waals surface area contributed by atoms with Crippen molar-refractivity contribution in [1.29, 1.82) is 0 Å². The van der Waals surface area contributed by atoms with Crippen LogP contribution in [-0.2, 0) is 0 Å². The Kier molecular flexibility index (Phi) is 4.74. The molecule has 6 nitrogen and oxygen atoms in total. The first-order valence-electron chi connectivity index (χ1n) is 8.20. The third kappa shape index (κ3) is 3.99. The zero-order valence-corrected chi connectivity index (χ0v) is 14.0. The van der Waals surface area contributed by atoms with Crippen LogP contribution in [0.2, 0.25) is 0 Å². The maximum atomic E-state index is 13.8. The molecule has 0 bridgehead atoms. The minimum absolute atomic E-state index is 0.0483. The predicted octanol–water partition coefficient (Wildman–Crippen LogP) is 3.01. The van der Waals surface area contributed by atoms with E-state index in [1.54, 1.807) is 12.3 Å². The van der Waals surface area contributed by atoms with Gasteiger partial charge in [0.1, 0.15) is 11.6 Å². The number of carbonyl (C=O) groups is 1. The second-order valence-corrected chi connectivity index (χ2v) is 6.35. The van der Waals surface area contributed by atoms with E-state index in [1.807, 2.05) is 13.0 Å². The zero-order valence-electron chi connectivity index (χ0n) is 14.0. The number of carboxylic acid groups (broad SMARTS) is 1. The van der Waals surface area contributed by atoms with Crippen LogP contribution in [0.1, 0.15) is 18.4 Å². The quantitative estimate of drug-likeness (QED) is 0.796. The van der Waals surface area contributed by atoms with Crippen LogP contribution < -0.4 is 16.0 Å². The minimum Gasteiger partial charge on any atom is -0.465 e. The van der Waals surface area contributed by atoms with Crippen molar-refractivity contribution in [2.45, 2.75) is 25.8 Å². The fourth-order valence-electron chi connectivity index (χ4n) is 3.28. The normalized spacial score (nSPS) is 15.2. The molecule has 1 amide bonds. The number of aryl methyl sites for hydroxylation is 1. The number of nitrogens with zero attached hydrogens (tertiary/aromatic N) is 2. The van der Waals surface area contributed by atoms with Crippen LogP contribution in [0.5, 0.6) is 0 Å². The van der Waals surface area contributed by atoms with Crippen LogP contribution in [0.4, 0.5) is 20.7 Å². The van der Waals surface area contributed by atoms with E-state index in [9.17, 15) is 9.18 Å². The number of pyridine rings is 1. The first-order valence-corrected chi connectivity index (χ1v) is 8.20. The van der Waals surface area contributed by atoms with Gasteiger partial charge in [-0.15, -0.1) is 0 Å². The van der Waals surface area contributed by atoms with E-state index in [-0.39, 0.29) is 11.9 Å². The van der Waals surface area contributed by atoms with E-state index in [0.29, 0.717) is 31.7 Å². The number of halogens is 1. The third-order valence-corrected chi connectivity index (χ3v) is 4.42. The number of amides is 1. The van der Waals surface area contributed by atoms with Gasteiger partial charge >= 0.3 is 6.09 Å². The van der Waals surface area contributed by atoms with E-state index in [2.05, 4.69) is 15.2 Å². The van der Waals surface area contributed by atoms with Gasteiger partial charge in [-0.05, 0) is 43.0 Å².